The van der Waals surface area contributed by atoms with Gasteiger partial charge in [-0.1, -0.05) is 46.5 Å². The Morgan fingerprint density at radius 2 is 1.38 bits per heavy atom. The molecule has 0 saturated carbocycles. The normalized spacial score (nSPS) is 11.5. The van der Waals surface area contributed by atoms with E-state index < -0.39 is 0 Å². The molecular weight excluding hydrogens is 260 g/mol. The van der Waals surface area contributed by atoms with Crippen molar-refractivity contribution in [3.8, 4) is 11.5 Å². The Bertz CT molecular complexity index is 386. The highest BCUT2D eigenvalue weighted by atomic mass is 16.5. The van der Waals surface area contributed by atoms with E-state index in [4.69, 9.17) is 9.47 Å². The summed E-state index contributed by atoms with van der Waals surface area (Å²) in [5.41, 5.74) is 1.47. The summed E-state index contributed by atoms with van der Waals surface area (Å²) < 4.78 is 11.4. The molecule has 0 aliphatic rings. The maximum absolute atomic E-state index is 5.69. The van der Waals surface area contributed by atoms with Crippen LogP contribution >= 0.6 is 0 Å². The summed E-state index contributed by atoms with van der Waals surface area (Å²) in [6.07, 6.45) is 6.43. The molecule has 0 amide bonds. The third-order valence-electron chi connectivity index (χ3n) is 3.94. The summed E-state index contributed by atoms with van der Waals surface area (Å²) in [4.78, 5) is 0. The molecule has 0 aromatic heterocycles. The van der Waals surface area contributed by atoms with Gasteiger partial charge in [-0.05, 0) is 43.4 Å². The summed E-state index contributed by atoms with van der Waals surface area (Å²) in [5.74, 6) is 1.83. The van der Waals surface area contributed by atoms with E-state index in [-0.39, 0.29) is 5.41 Å². The summed E-state index contributed by atoms with van der Waals surface area (Å²) in [6.45, 7) is 12.3. The second-order valence-corrected chi connectivity index (χ2v) is 6.25. The first-order chi connectivity index (χ1) is 10.0. The minimum absolute atomic E-state index is 0.159. The first-order valence-electron chi connectivity index (χ1n) is 8.44. The van der Waals surface area contributed by atoms with E-state index in [1.807, 2.05) is 19.9 Å². The van der Waals surface area contributed by atoms with Gasteiger partial charge in [0.05, 0.1) is 13.2 Å². The monoisotopic (exact) mass is 292 g/mol. The van der Waals surface area contributed by atoms with Crippen molar-refractivity contribution in [2.45, 2.75) is 72.1 Å². The molecule has 0 heterocycles. The number of ether oxygens (including phenoxy) is 2. The van der Waals surface area contributed by atoms with E-state index in [0.717, 1.165) is 11.5 Å². The van der Waals surface area contributed by atoms with Crippen LogP contribution in [0.1, 0.15) is 72.3 Å². The molecule has 0 spiro atoms. The van der Waals surface area contributed by atoms with Crippen LogP contribution in [0.25, 0.3) is 0 Å². The topological polar surface area (TPSA) is 18.5 Å². The summed E-state index contributed by atoms with van der Waals surface area (Å²) >= 11 is 0. The maximum atomic E-state index is 5.69. The van der Waals surface area contributed by atoms with Gasteiger partial charge in [-0.15, -0.1) is 0 Å². The van der Waals surface area contributed by atoms with Crippen LogP contribution in [-0.4, -0.2) is 13.2 Å². The van der Waals surface area contributed by atoms with Crippen molar-refractivity contribution in [2.24, 2.45) is 0 Å². The zero-order valence-electron chi connectivity index (χ0n) is 14.5. The fourth-order valence-electron chi connectivity index (χ4n) is 2.60. The molecule has 120 valence electrons. The molecule has 2 nitrogen and oxygen atoms in total. The van der Waals surface area contributed by atoms with E-state index in [2.05, 4.69) is 32.9 Å². The van der Waals surface area contributed by atoms with Crippen LogP contribution in [0.3, 0.4) is 0 Å². The second kappa shape index (κ2) is 8.96. The Hall–Kier alpha value is -1.18. The van der Waals surface area contributed by atoms with Gasteiger partial charge in [0.15, 0.2) is 0 Å². The third kappa shape index (κ3) is 5.99. The van der Waals surface area contributed by atoms with Crippen molar-refractivity contribution < 1.29 is 9.47 Å². The highest BCUT2D eigenvalue weighted by molar-refractivity contribution is 5.41. The summed E-state index contributed by atoms with van der Waals surface area (Å²) in [7, 11) is 0. The fourth-order valence-corrected chi connectivity index (χ4v) is 2.60. The van der Waals surface area contributed by atoms with E-state index in [1.54, 1.807) is 0 Å². The molecule has 0 aliphatic carbocycles. The average molecular weight is 292 g/mol. The zero-order valence-corrected chi connectivity index (χ0v) is 14.5. The van der Waals surface area contributed by atoms with Crippen molar-refractivity contribution in [3.63, 3.8) is 0 Å². The summed E-state index contributed by atoms with van der Waals surface area (Å²) in [6, 6.07) is 6.33. The van der Waals surface area contributed by atoms with Crippen molar-refractivity contribution in [2.75, 3.05) is 13.2 Å². The standard InChI is InChI=1S/C19H32O2/c1-6-9-10-11-12-19(4,5)16-13-17(20-7-2)15-18(14-16)21-8-3/h13-15H,6-12H2,1-5H3. The second-order valence-electron chi connectivity index (χ2n) is 6.25. The number of hydrogen-bond acceptors (Lipinski definition) is 2. The minimum atomic E-state index is 0.159. The Morgan fingerprint density at radius 3 is 1.86 bits per heavy atom. The predicted octanol–water partition coefficient (Wildman–Crippen LogP) is 5.73. The van der Waals surface area contributed by atoms with Crippen molar-refractivity contribution in [3.05, 3.63) is 23.8 Å². The molecule has 0 aliphatic heterocycles. The van der Waals surface area contributed by atoms with Crippen molar-refractivity contribution in [1.82, 2.24) is 0 Å². The Balaban J connectivity index is 2.86. The molecule has 21 heavy (non-hydrogen) atoms. The first-order valence-corrected chi connectivity index (χ1v) is 8.44. The van der Waals surface area contributed by atoms with Crippen LogP contribution < -0.4 is 9.47 Å². The van der Waals surface area contributed by atoms with Gasteiger partial charge in [-0.2, -0.15) is 0 Å². The van der Waals surface area contributed by atoms with Gasteiger partial charge in [0.25, 0.3) is 0 Å². The van der Waals surface area contributed by atoms with Crippen LogP contribution in [0.4, 0.5) is 0 Å². The fraction of sp³-hybridized carbons (Fsp3) is 0.684. The number of benzene rings is 1. The first kappa shape index (κ1) is 17.9. The lowest BCUT2D eigenvalue weighted by atomic mass is 9.80. The lowest BCUT2D eigenvalue weighted by Crippen LogP contribution is -2.17. The number of unbranched alkanes of at least 4 members (excludes halogenated alkanes) is 3. The molecule has 0 fully saturated rings. The van der Waals surface area contributed by atoms with Gasteiger partial charge in [0.2, 0.25) is 0 Å². The van der Waals surface area contributed by atoms with Gasteiger partial charge in [-0.3, -0.25) is 0 Å². The lowest BCUT2D eigenvalue weighted by molar-refractivity contribution is 0.320. The quantitative estimate of drug-likeness (QED) is 0.512. The van der Waals surface area contributed by atoms with Gasteiger partial charge in [0, 0.05) is 6.07 Å². The van der Waals surface area contributed by atoms with Crippen molar-refractivity contribution >= 4 is 0 Å². The molecule has 0 bridgehead atoms. The smallest absolute Gasteiger partial charge is 0.123 e. The van der Waals surface area contributed by atoms with Crippen LogP contribution in [-0.2, 0) is 5.41 Å². The molecule has 0 atom stereocenters. The van der Waals surface area contributed by atoms with Crippen LogP contribution in [0, 0.1) is 0 Å². The predicted molar refractivity (Wildman–Crippen MR) is 90.6 cm³/mol. The minimum Gasteiger partial charge on any atom is -0.494 e. The average Bonchev–Trinajstić information content (AvgIpc) is 2.44. The van der Waals surface area contributed by atoms with Crippen LogP contribution in [0.2, 0.25) is 0 Å². The van der Waals surface area contributed by atoms with Gasteiger partial charge in [-0.25, -0.2) is 0 Å². The van der Waals surface area contributed by atoms with Crippen molar-refractivity contribution in [1.29, 1.82) is 0 Å². The molecule has 1 rings (SSSR count). The molecule has 1 aromatic carbocycles. The highest BCUT2D eigenvalue weighted by Gasteiger charge is 2.21. The van der Waals surface area contributed by atoms with E-state index in [1.165, 1.54) is 37.7 Å². The van der Waals surface area contributed by atoms with Gasteiger partial charge < -0.3 is 9.47 Å². The van der Waals surface area contributed by atoms with Gasteiger partial charge in [0.1, 0.15) is 11.5 Å². The number of rotatable bonds is 10. The van der Waals surface area contributed by atoms with E-state index >= 15 is 0 Å². The lowest BCUT2D eigenvalue weighted by Gasteiger charge is -2.26. The largest absolute Gasteiger partial charge is 0.494 e. The Morgan fingerprint density at radius 1 is 0.810 bits per heavy atom. The highest BCUT2D eigenvalue weighted by Crippen LogP contribution is 2.34. The number of hydrogen-bond donors (Lipinski definition) is 0. The molecule has 0 unspecified atom stereocenters. The third-order valence-corrected chi connectivity index (χ3v) is 3.94. The van der Waals surface area contributed by atoms with Gasteiger partial charge >= 0.3 is 0 Å². The zero-order chi connectivity index (χ0) is 15.7. The maximum Gasteiger partial charge on any atom is 0.123 e. The van der Waals surface area contributed by atoms with Crippen LogP contribution in [0.5, 0.6) is 11.5 Å². The molecule has 1 aromatic rings. The molecule has 0 radical (unpaired) electrons. The molecule has 2 heteroatoms. The SMILES string of the molecule is CCCCCCC(C)(C)c1cc(OCC)cc(OCC)c1. The molecule has 0 saturated heterocycles. The van der Waals surface area contributed by atoms with E-state index in [9.17, 15) is 0 Å². The van der Waals surface area contributed by atoms with Crippen LogP contribution in [0.15, 0.2) is 18.2 Å². The summed E-state index contributed by atoms with van der Waals surface area (Å²) in [5, 5.41) is 0. The van der Waals surface area contributed by atoms with E-state index in [0.29, 0.717) is 13.2 Å². The Kier molecular flexibility index (Phi) is 7.63. The molecule has 0 N–H and O–H groups in total. The molecular formula is C19H32O2. The Labute approximate surface area is 130 Å².